The van der Waals surface area contributed by atoms with Gasteiger partial charge in [-0.1, -0.05) is 26.0 Å². The summed E-state index contributed by atoms with van der Waals surface area (Å²) >= 11 is 0. The molecular weight excluding hydrogens is 262 g/mol. The van der Waals surface area contributed by atoms with Crippen LogP contribution in [-0.2, 0) is 6.54 Å². The molecule has 0 fully saturated rings. The SMILES string of the molecule is COc1ccccc1N(C)c1cc(CNC(C)C)ccn1. The minimum Gasteiger partial charge on any atom is -0.495 e. The lowest BCUT2D eigenvalue weighted by Gasteiger charge is -2.21. The highest BCUT2D eigenvalue weighted by Crippen LogP contribution is 2.31. The molecule has 21 heavy (non-hydrogen) atoms. The molecule has 2 rings (SSSR count). The van der Waals surface area contributed by atoms with Gasteiger partial charge in [-0.2, -0.15) is 0 Å². The fourth-order valence-corrected chi connectivity index (χ4v) is 2.11. The van der Waals surface area contributed by atoms with Crippen molar-refractivity contribution in [3.8, 4) is 5.75 Å². The van der Waals surface area contributed by atoms with E-state index in [0.717, 1.165) is 23.8 Å². The summed E-state index contributed by atoms with van der Waals surface area (Å²) in [4.78, 5) is 6.50. The van der Waals surface area contributed by atoms with Gasteiger partial charge in [0.2, 0.25) is 0 Å². The maximum absolute atomic E-state index is 5.42. The third kappa shape index (κ3) is 3.95. The second kappa shape index (κ2) is 7.09. The van der Waals surface area contributed by atoms with Crippen LogP contribution in [0.1, 0.15) is 19.4 Å². The predicted molar refractivity (Wildman–Crippen MR) is 87.3 cm³/mol. The van der Waals surface area contributed by atoms with Gasteiger partial charge in [0.05, 0.1) is 12.8 Å². The molecule has 0 radical (unpaired) electrons. The van der Waals surface area contributed by atoms with E-state index in [1.807, 2.05) is 48.5 Å². The van der Waals surface area contributed by atoms with Crippen LogP contribution in [0, 0.1) is 0 Å². The third-order valence-corrected chi connectivity index (χ3v) is 3.31. The van der Waals surface area contributed by atoms with Gasteiger partial charge >= 0.3 is 0 Å². The molecule has 0 spiro atoms. The van der Waals surface area contributed by atoms with E-state index in [2.05, 4.69) is 30.2 Å². The monoisotopic (exact) mass is 285 g/mol. The number of pyridine rings is 1. The molecule has 0 aliphatic heterocycles. The molecule has 0 unspecified atom stereocenters. The first-order valence-corrected chi connectivity index (χ1v) is 7.17. The quantitative estimate of drug-likeness (QED) is 0.883. The zero-order valence-corrected chi connectivity index (χ0v) is 13.1. The third-order valence-electron chi connectivity index (χ3n) is 3.31. The summed E-state index contributed by atoms with van der Waals surface area (Å²) in [6.45, 7) is 5.12. The van der Waals surface area contributed by atoms with E-state index >= 15 is 0 Å². The van der Waals surface area contributed by atoms with Gasteiger partial charge in [-0.25, -0.2) is 4.98 Å². The van der Waals surface area contributed by atoms with Crippen LogP contribution >= 0.6 is 0 Å². The van der Waals surface area contributed by atoms with Gasteiger partial charge in [-0.3, -0.25) is 0 Å². The highest BCUT2D eigenvalue weighted by atomic mass is 16.5. The van der Waals surface area contributed by atoms with Gasteiger partial charge in [0.1, 0.15) is 11.6 Å². The minimum absolute atomic E-state index is 0.466. The van der Waals surface area contributed by atoms with Crippen LogP contribution < -0.4 is 15.0 Å². The van der Waals surface area contributed by atoms with E-state index in [9.17, 15) is 0 Å². The fourth-order valence-electron chi connectivity index (χ4n) is 2.11. The van der Waals surface area contributed by atoms with Crippen molar-refractivity contribution in [1.29, 1.82) is 0 Å². The van der Waals surface area contributed by atoms with E-state index in [-0.39, 0.29) is 0 Å². The van der Waals surface area contributed by atoms with E-state index < -0.39 is 0 Å². The van der Waals surface area contributed by atoms with Gasteiger partial charge in [0.15, 0.2) is 0 Å². The number of para-hydroxylation sites is 2. The van der Waals surface area contributed by atoms with Crippen molar-refractivity contribution in [2.45, 2.75) is 26.4 Å². The normalized spacial score (nSPS) is 10.7. The summed E-state index contributed by atoms with van der Waals surface area (Å²) in [5, 5.41) is 3.42. The molecule has 1 aromatic heterocycles. The molecule has 0 saturated carbocycles. The number of benzene rings is 1. The summed E-state index contributed by atoms with van der Waals surface area (Å²) in [5.74, 6) is 1.75. The molecule has 112 valence electrons. The first kappa shape index (κ1) is 15.3. The molecule has 0 atom stereocenters. The average molecular weight is 285 g/mol. The molecule has 4 heteroatoms. The summed E-state index contributed by atoms with van der Waals surface area (Å²) in [7, 11) is 3.68. The Labute approximate surface area is 126 Å². The Morgan fingerprint density at radius 2 is 2.00 bits per heavy atom. The number of nitrogens with zero attached hydrogens (tertiary/aromatic N) is 2. The van der Waals surface area contributed by atoms with Crippen molar-refractivity contribution < 1.29 is 4.74 Å². The molecule has 1 heterocycles. The van der Waals surface area contributed by atoms with Gasteiger partial charge < -0.3 is 15.0 Å². The Morgan fingerprint density at radius 3 is 2.71 bits per heavy atom. The topological polar surface area (TPSA) is 37.4 Å². The van der Waals surface area contributed by atoms with Crippen LogP contribution in [0.15, 0.2) is 42.6 Å². The highest BCUT2D eigenvalue weighted by molar-refractivity contribution is 5.66. The first-order valence-electron chi connectivity index (χ1n) is 7.17. The van der Waals surface area contributed by atoms with Gasteiger partial charge in [-0.15, -0.1) is 0 Å². The standard InChI is InChI=1S/C17H23N3O/c1-13(2)19-12-14-9-10-18-17(11-14)20(3)15-7-5-6-8-16(15)21-4/h5-11,13,19H,12H2,1-4H3. The second-order valence-electron chi connectivity index (χ2n) is 5.29. The molecule has 4 nitrogen and oxygen atoms in total. The number of ether oxygens (including phenoxy) is 1. The zero-order chi connectivity index (χ0) is 15.2. The van der Waals surface area contributed by atoms with E-state index in [1.54, 1.807) is 7.11 Å². The van der Waals surface area contributed by atoms with Crippen LogP contribution in [0.25, 0.3) is 0 Å². The largest absolute Gasteiger partial charge is 0.495 e. The average Bonchev–Trinajstić information content (AvgIpc) is 2.52. The molecule has 1 N–H and O–H groups in total. The Hall–Kier alpha value is -2.07. The zero-order valence-electron chi connectivity index (χ0n) is 13.1. The molecular formula is C17H23N3O. The summed E-state index contributed by atoms with van der Waals surface area (Å²) in [5.41, 5.74) is 2.22. The maximum atomic E-state index is 5.42. The lowest BCUT2D eigenvalue weighted by Crippen LogP contribution is -2.22. The summed E-state index contributed by atoms with van der Waals surface area (Å²) in [6.07, 6.45) is 1.85. The number of aromatic nitrogens is 1. The van der Waals surface area contributed by atoms with Gasteiger partial charge in [0, 0.05) is 25.8 Å². The minimum atomic E-state index is 0.466. The van der Waals surface area contributed by atoms with Crippen molar-refractivity contribution in [3.63, 3.8) is 0 Å². The number of hydrogen-bond acceptors (Lipinski definition) is 4. The lowest BCUT2D eigenvalue weighted by molar-refractivity contribution is 0.415. The first-order chi connectivity index (χ1) is 10.1. The highest BCUT2D eigenvalue weighted by Gasteiger charge is 2.10. The Bertz CT molecular complexity index is 584. The molecule has 0 aliphatic carbocycles. The lowest BCUT2D eigenvalue weighted by atomic mass is 10.2. The summed E-state index contributed by atoms with van der Waals surface area (Å²) in [6, 6.07) is 12.5. The molecule has 0 amide bonds. The number of hydrogen-bond donors (Lipinski definition) is 1. The van der Waals surface area contributed by atoms with Crippen molar-refractivity contribution in [2.24, 2.45) is 0 Å². The number of nitrogens with one attached hydrogen (secondary N) is 1. The smallest absolute Gasteiger partial charge is 0.142 e. The predicted octanol–water partition coefficient (Wildman–Crippen LogP) is 3.36. The van der Waals surface area contributed by atoms with Crippen molar-refractivity contribution >= 4 is 11.5 Å². The van der Waals surface area contributed by atoms with E-state index in [1.165, 1.54) is 5.56 Å². The van der Waals surface area contributed by atoms with E-state index in [0.29, 0.717) is 6.04 Å². The molecule has 1 aromatic carbocycles. The van der Waals surface area contributed by atoms with Crippen LogP contribution in [0.2, 0.25) is 0 Å². The Balaban J connectivity index is 2.22. The number of anilines is 2. The molecule has 0 aliphatic rings. The van der Waals surface area contributed by atoms with Gasteiger partial charge in [-0.05, 0) is 29.8 Å². The van der Waals surface area contributed by atoms with Crippen LogP contribution in [0.3, 0.4) is 0 Å². The van der Waals surface area contributed by atoms with Crippen LogP contribution in [-0.4, -0.2) is 25.2 Å². The second-order valence-corrected chi connectivity index (χ2v) is 5.29. The fraction of sp³-hybridized carbons (Fsp3) is 0.353. The van der Waals surface area contributed by atoms with Crippen molar-refractivity contribution in [2.75, 3.05) is 19.1 Å². The number of rotatable bonds is 6. The van der Waals surface area contributed by atoms with Crippen molar-refractivity contribution in [3.05, 3.63) is 48.2 Å². The van der Waals surface area contributed by atoms with Crippen molar-refractivity contribution in [1.82, 2.24) is 10.3 Å². The Morgan fingerprint density at radius 1 is 1.24 bits per heavy atom. The van der Waals surface area contributed by atoms with Gasteiger partial charge in [0.25, 0.3) is 0 Å². The molecule has 0 saturated heterocycles. The maximum Gasteiger partial charge on any atom is 0.142 e. The molecule has 0 bridgehead atoms. The summed E-state index contributed by atoms with van der Waals surface area (Å²) < 4.78 is 5.42. The Kier molecular flexibility index (Phi) is 5.17. The van der Waals surface area contributed by atoms with Crippen LogP contribution in [0.4, 0.5) is 11.5 Å². The van der Waals surface area contributed by atoms with Crippen LogP contribution in [0.5, 0.6) is 5.75 Å². The van der Waals surface area contributed by atoms with E-state index in [4.69, 9.17) is 4.74 Å². The molecule has 2 aromatic rings. The number of methoxy groups -OCH3 is 1.